The fourth-order valence-electron chi connectivity index (χ4n) is 4.13. The van der Waals surface area contributed by atoms with Crippen LogP contribution < -0.4 is 5.32 Å². The highest BCUT2D eigenvalue weighted by molar-refractivity contribution is 5.80. The summed E-state index contributed by atoms with van der Waals surface area (Å²) in [4.78, 5) is 7.73. The molecule has 0 aromatic carbocycles. The zero-order chi connectivity index (χ0) is 14.3. The first kappa shape index (κ1) is 15.2. The molecule has 0 amide bonds. The lowest BCUT2D eigenvalue weighted by Gasteiger charge is -2.35. The minimum atomic E-state index is 0.590. The molecule has 3 heteroatoms. The van der Waals surface area contributed by atoms with Crippen LogP contribution in [0.5, 0.6) is 0 Å². The number of hydrogen-bond acceptors (Lipinski definition) is 1. The van der Waals surface area contributed by atoms with Crippen LogP contribution in [0.25, 0.3) is 0 Å². The fourth-order valence-corrected chi connectivity index (χ4v) is 4.13. The van der Waals surface area contributed by atoms with Crippen LogP contribution in [0.15, 0.2) is 4.99 Å². The van der Waals surface area contributed by atoms with Crippen molar-refractivity contribution in [2.75, 3.05) is 13.1 Å². The predicted molar refractivity (Wildman–Crippen MR) is 89.7 cm³/mol. The van der Waals surface area contributed by atoms with Gasteiger partial charge in [-0.3, -0.25) is 0 Å². The van der Waals surface area contributed by atoms with Gasteiger partial charge in [0, 0.05) is 19.1 Å². The van der Waals surface area contributed by atoms with Crippen LogP contribution in [0.1, 0.15) is 83.5 Å². The SMILES string of the molecule is C1CCC(/N=C(/NC2CCCCC2)N2CCCCC2)CC1. The summed E-state index contributed by atoms with van der Waals surface area (Å²) in [7, 11) is 0. The zero-order valence-electron chi connectivity index (χ0n) is 13.7. The van der Waals surface area contributed by atoms with Gasteiger partial charge in [0.15, 0.2) is 5.96 Å². The quantitative estimate of drug-likeness (QED) is 0.613. The number of nitrogens with zero attached hydrogens (tertiary/aromatic N) is 2. The van der Waals surface area contributed by atoms with E-state index < -0.39 is 0 Å². The molecule has 1 N–H and O–H groups in total. The molecule has 0 unspecified atom stereocenters. The highest BCUT2D eigenvalue weighted by atomic mass is 15.3. The van der Waals surface area contributed by atoms with Gasteiger partial charge in [-0.1, -0.05) is 38.5 Å². The molecule has 0 aromatic rings. The van der Waals surface area contributed by atoms with Gasteiger partial charge in [0.1, 0.15) is 0 Å². The van der Waals surface area contributed by atoms with Crippen LogP contribution in [0.2, 0.25) is 0 Å². The van der Waals surface area contributed by atoms with Gasteiger partial charge >= 0.3 is 0 Å². The van der Waals surface area contributed by atoms with Crippen molar-refractivity contribution in [3.05, 3.63) is 0 Å². The molecule has 3 nitrogen and oxygen atoms in total. The van der Waals surface area contributed by atoms with Gasteiger partial charge in [-0.15, -0.1) is 0 Å². The monoisotopic (exact) mass is 291 g/mol. The summed E-state index contributed by atoms with van der Waals surface area (Å²) in [5.41, 5.74) is 0. The first-order chi connectivity index (χ1) is 10.4. The summed E-state index contributed by atoms with van der Waals surface area (Å²) in [5.74, 6) is 1.26. The van der Waals surface area contributed by atoms with E-state index >= 15 is 0 Å². The molecular weight excluding hydrogens is 258 g/mol. The Kier molecular flexibility index (Phi) is 5.82. The molecule has 1 aliphatic heterocycles. The number of piperidine rings is 1. The van der Waals surface area contributed by atoms with E-state index in [2.05, 4.69) is 10.2 Å². The summed E-state index contributed by atoms with van der Waals surface area (Å²) in [5, 5.41) is 3.85. The smallest absolute Gasteiger partial charge is 0.194 e. The Morgan fingerprint density at radius 3 is 1.95 bits per heavy atom. The molecule has 2 aliphatic carbocycles. The van der Waals surface area contributed by atoms with E-state index in [9.17, 15) is 0 Å². The molecule has 0 bridgehead atoms. The molecular formula is C18H33N3. The van der Waals surface area contributed by atoms with E-state index in [1.165, 1.54) is 103 Å². The topological polar surface area (TPSA) is 27.6 Å². The Labute approximate surface area is 130 Å². The molecule has 21 heavy (non-hydrogen) atoms. The largest absolute Gasteiger partial charge is 0.353 e. The molecule has 1 heterocycles. The van der Waals surface area contributed by atoms with Gasteiger partial charge < -0.3 is 10.2 Å². The molecule has 1 saturated heterocycles. The molecule has 0 atom stereocenters. The molecule has 2 saturated carbocycles. The second-order valence-electron chi connectivity index (χ2n) is 7.27. The van der Waals surface area contributed by atoms with Crippen LogP contribution in [-0.4, -0.2) is 36.0 Å². The Morgan fingerprint density at radius 2 is 1.29 bits per heavy atom. The second kappa shape index (κ2) is 8.05. The second-order valence-corrected chi connectivity index (χ2v) is 7.27. The average Bonchev–Trinajstić information content (AvgIpc) is 2.57. The number of likely N-dealkylation sites (tertiary alicyclic amines) is 1. The third kappa shape index (κ3) is 4.62. The molecule has 0 spiro atoms. The number of hydrogen-bond donors (Lipinski definition) is 1. The fraction of sp³-hybridized carbons (Fsp3) is 0.944. The van der Waals surface area contributed by atoms with Crippen molar-refractivity contribution in [2.45, 2.75) is 95.6 Å². The molecule has 3 aliphatic rings. The van der Waals surface area contributed by atoms with Crippen LogP contribution in [0.3, 0.4) is 0 Å². The van der Waals surface area contributed by atoms with Gasteiger partial charge in [0.05, 0.1) is 6.04 Å². The summed E-state index contributed by atoms with van der Waals surface area (Å²) in [6, 6.07) is 1.27. The molecule has 3 rings (SSSR count). The number of aliphatic imine (C=N–C) groups is 1. The molecule has 3 fully saturated rings. The van der Waals surface area contributed by atoms with Crippen LogP contribution in [0, 0.1) is 0 Å². The van der Waals surface area contributed by atoms with Crippen molar-refractivity contribution in [2.24, 2.45) is 4.99 Å². The summed E-state index contributed by atoms with van der Waals surface area (Å²) >= 11 is 0. The van der Waals surface area contributed by atoms with Gasteiger partial charge in [0.2, 0.25) is 0 Å². The van der Waals surface area contributed by atoms with Crippen molar-refractivity contribution >= 4 is 5.96 Å². The Balaban J connectivity index is 1.64. The van der Waals surface area contributed by atoms with Crippen LogP contribution in [0.4, 0.5) is 0 Å². The summed E-state index contributed by atoms with van der Waals surface area (Å²) < 4.78 is 0. The lowest BCUT2D eigenvalue weighted by molar-refractivity contribution is 0.312. The first-order valence-electron chi connectivity index (χ1n) is 9.51. The Bertz CT molecular complexity index is 321. The predicted octanol–water partition coefficient (Wildman–Crippen LogP) is 4.08. The maximum atomic E-state index is 5.18. The Hall–Kier alpha value is -0.730. The summed E-state index contributed by atoms with van der Waals surface area (Å²) in [6.07, 6.45) is 17.8. The number of rotatable bonds is 2. The summed E-state index contributed by atoms with van der Waals surface area (Å²) in [6.45, 7) is 2.43. The normalized spacial score (nSPS) is 26.9. The number of nitrogens with one attached hydrogen (secondary N) is 1. The average molecular weight is 291 g/mol. The minimum absolute atomic E-state index is 0.590. The van der Waals surface area contributed by atoms with Crippen molar-refractivity contribution < 1.29 is 0 Å². The molecule has 0 aromatic heterocycles. The lowest BCUT2D eigenvalue weighted by Crippen LogP contribution is -2.49. The van der Waals surface area contributed by atoms with Crippen LogP contribution in [-0.2, 0) is 0 Å². The third-order valence-corrected chi connectivity index (χ3v) is 5.47. The Morgan fingerprint density at radius 1 is 0.714 bits per heavy atom. The zero-order valence-corrected chi connectivity index (χ0v) is 13.7. The highest BCUT2D eigenvalue weighted by Gasteiger charge is 2.22. The van der Waals surface area contributed by atoms with E-state index in [-0.39, 0.29) is 0 Å². The lowest BCUT2D eigenvalue weighted by atomic mass is 9.95. The van der Waals surface area contributed by atoms with Crippen molar-refractivity contribution in [3.8, 4) is 0 Å². The van der Waals surface area contributed by atoms with E-state index in [0.717, 1.165) is 0 Å². The maximum Gasteiger partial charge on any atom is 0.194 e. The maximum absolute atomic E-state index is 5.18. The molecule has 0 radical (unpaired) electrons. The minimum Gasteiger partial charge on any atom is -0.353 e. The first-order valence-corrected chi connectivity index (χ1v) is 9.51. The van der Waals surface area contributed by atoms with Crippen molar-refractivity contribution in [1.82, 2.24) is 10.2 Å². The van der Waals surface area contributed by atoms with Gasteiger partial charge in [0.25, 0.3) is 0 Å². The van der Waals surface area contributed by atoms with Gasteiger partial charge in [-0.05, 0) is 44.9 Å². The van der Waals surface area contributed by atoms with Crippen molar-refractivity contribution in [3.63, 3.8) is 0 Å². The highest BCUT2D eigenvalue weighted by Crippen LogP contribution is 2.22. The van der Waals surface area contributed by atoms with E-state index in [0.29, 0.717) is 12.1 Å². The number of guanidine groups is 1. The van der Waals surface area contributed by atoms with E-state index in [1.807, 2.05) is 0 Å². The van der Waals surface area contributed by atoms with Crippen molar-refractivity contribution in [1.29, 1.82) is 0 Å². The molecule has 120 valence electrons. The standard InChI is InChI=1S/C18H33N3/c1-4-10-16(11-5-1)19-18(21-14-8-3-9-15-21)20-17-12-6-2-7-13-17/h16-17H,1-15H2,(H,19,20). The van der Waals surface area contributed by atoms with E-state index in [4.69, 9.17) is 4.99 Å². The van der Waals surface area contributed by atoms with Gasteiger partial charge in [-0.2, -0.15) is 0 Å². The van der Waals surface area contributed by atoms with Gasteiger partial charge in [-0.25, -0.2) is 4.99 Å². The van der Waals surface area contributed by atoms with Crippen LogP contribution >= 0.6 is 0 Å². The van der Waals surface area contributed by atoms with E-state index in [1.54, 1.807) is 0 Å². The third-order valence-electron chi connectivity index (χ3n) is 5.47.